The molecule has 0 fully saturated rings. The van der Waals surface area contributed by atoms with Crippen molar-refractivity contribution in [3.63, 3.8) is 0 Å². The molecule has 0 aliphatic carbocycles. The number of fused-ring (bicyclic) bond motifs is 1. The van der Waals surface area contributed by atoms with E-state index >= 15 is 0 Å². The molecule has 0 unspecified atom stereocenters. The molecule has 7 heteroatoms. The first-order valence-electron chi connectivity index (χ1n) is 6.45. The Labute approximate surface area is 126 Å². The summed E-state index contributed by atoms with van der Waals surface area (Å²) in [4.78, 5) is 17.3. The zero-order chi connectivity index (χ0) is 14.8. The zero-order valence-corrected chi connectivity index (χ0v) is 12.5. The molecule has 0 radical (unpaired) electrons. The second kappa shape index (κ2) is 5.65. The van der Waals surface area contributed by atoms with Crippen molar-refractivity contribution >= 4 is 22.8 Å². The molecule has 3 heterocycles. The van der Waals surface area contributed by atoms with Gasteiger partial charge >= 0.3 is 0 Å². The van der Waals surface area contributed by atoms with E-state index in [0.717, 1.165) is 17.1 Å². The molecule has 0 saturated heterocycles. The van der Waals surface area contributed by atoms with Gasteiger partial charge in [-0.3, -0.25) is 4.98 Å². The van der Waals surface area contributed by atoms with E-state index in [-0.39, 0.29) is 5.88 Å². The Kier molecular flexibility index (Phi) is 3.70. The van der Waals surface area contributed by atoms with Crippen molar-refractivity contribution in [2.45, 2.75) is 19.3 Å². The summed E-state index contributed by atoms with van der Waals surface area (Å²) in [5, 5.41) is 0. The number of nitrogens with zero attached hydrogens (tertiary/aromatic N) is 5. The summed E-state index contributed by atoms with van der Waals surface area (Å²) in [6, 6.07) is 3.94. The van der Waals surface area contributed by atoms with Gasteiger partial charge in [0.25, 0.3) is 0 Å². The summed E-state index contributed by atoms with van der Waals surface area (Å²) in [5.41, 5.74) is 3.38. The summed E-state index contributed by atoms with van der Waals surface area (Å²) in [7, 11) is 1.56. The van der Waals surface area contributed by atoms with Crippen molar-refractivity contribution in [2.24, 2.45) is 0 Å². The third kappa shape index (κ3) is 2.42. The Morgan fingerprint density at radius 3 is 2.86 bits per heavy atom. The van der Waals surface area contributed by atoms with Crippen molar-refractivity contribution in [2.75, 3.05) is 7.11 Å². The molecule has 21 heavy (non-hydrogen) atoms. The maximum Gasteiger partial charge on any atom is 0.245 e. The first kappa shape index (κ1) is 13.8. The van der Waals surface area contributed by atoms with Crippen molar-refractivity contribution in [3.8, 4) is 5.88 Å². The molecule has 108 valence electrons. The maximum atomic E-state index is 6.01. The van der Waals surface area contributed by atoms with Gasteiger partial charge in [0.05, 0.1) is 25.2 Å². The highest BCUT2D eigenvalue weighted by Gasteiger charge is 2.16. The summed E-state index contributed by atoms with van der Waals surface area (Å²) in [5.74, 6) is 1.45. The topological polar surface area (TPSA) is 65.7 Å². The van der Waals surface area contributed by atoms with Gasteiger partial charge in [0.1, 0.15) is 12.2 Å². The molecule has 0 N–H and O–H groups in total. The number of methoxy groups -OCH3 is 1. The molecule has 0 amide bonds. The van der Waals surface area contributed by atoms with Gasteiger partial charge in [0, 0.05) is 6.20 Å². The zero-order valence-electron chi connectivity index (χ0n) is 11.7. The van der Waals surface area contributed by atoms with Crippen LogP contribution in [0.15, 0.2) is 24.7 Å². The van der Waals surface area contributed by atoms with E-state index in [1.807, 2.05) is 23.6 Å². The number of ether oxygens (including phenoxy) is 1. The van der Waals surface area contributed by atoms with Gasteiger partial charge in [-0.2, -0.15) is 4.98 Å². The minimum Gasteiger partial charge on any atom is -0.479 e. The van der Waals surface area contributed by atoms with E-state index < -0.39 is 0 Å². The highest BCUT2D eigenvalue weighted by Crippen LogP contribution is 2.23. The van der Waals surface area contributed by atoms with E-state index in [0.29, 0.717) is 23.6 Å². The molecule has 6 nitrogen and oxygen atoms in total. The van der Waals surface area contributed by atoms with E-state index in [9.17, 15) is 0 Å². The number of aromatic nitrogens is 5. The van der Waals surface area contributed by atoms with Crippen LogP contribution in [0.2, 0.25) is 0 Å². The van der Waals surface area contributed by atoms with Crippen LogP contribution in [-0.2, 0) is 12.4 Å². The summed E-state index contributed by atoms with van der Waals surface area (Å²) in [6.45, 7) is 2.59. The Hall–Kier alpha value is -2.21. The Morgan fingerprint density at radius 2 is 2.14 bits per heavy atom. The fourth-order valence-corrected chi connectivity index (χ4v) is 2.42. The largest absolute Gasteiger partial charge is 0.479 e. The fraction of sp³-hybridized carbons (Fsp3) is 0.286. The van der Waals surface area contributed by atoms with E-state index in [1.165, 1.54) is 6.33 Å². The van der Waals surface area contributed by atoms with Gasteiger partial charge < -0.3 is 9.30 Å². The molecule has 0 spiro atoms. The lowest BCUT2D eigenvalue weighted by molar-refractivity contribution is 0.401. The number of aryl methyl sites for hydroxylation is 1. The van der Waals surface area contributed by atoms with Gasteiger partial charge in [-0.25, -0.2) is 9.97 Å². The van der Waals surface area contributed by atoms with Gasteiger partial charge in [-0.05, 0) is 18.6 Å². The highest BCUT2D eigenvalue weighted by atomic mass is 35.5. The lowest BCUT2D eigenvalue weighted by Gasteiger charge is -2.08. The molecule has 0 aromatic carbocycles. The molecule has 0 aliphatic heterocycles. The molecule has 3 aromatic heterocycles. The molecule has 3 rings (SSSR count). The normalized spacial score (nSPS) is 11.0. The van der Waals surface area contributed by atoms with Gasteiger partial charge in [-0.1, -0.05) is 6.07 Å². The van der Waals surface area contributed by atoms with Crippen LogP contribution in [0.25, 0.3) is 11.2 Å². The molecular formula is C14H14ClN5O. The predicted octanol–water partition coefficient (Wildman–Crippen LogP) is 2.33. The predicted molar refractivity (Wildman–Crippen MR) is 79.5 cm³/mol. The smallest absolute Gasteiger partial charge is 0.245 e. The number of imidazole rings is 1. The summed E-state index contributed by atoms with van der Waals surface area (Å²) in [6.07, 6.45) is 3.24. The third-order valence-corrected chi connectivity index (χ3v) is 3.56. The number of rotatable bonds is 4. The lowest BCUT2D eigenvalue weighted by Crippen LogP contribution is -2.07. The van der Waals surface area contributed by atoms with E-state index in [2.05, 4.69) is 19.9 Å². The second-order valence-electron chi connectivity index (χ2n) is 4.57. The minimum atomic E-state index is 0.283. The Morgan fingerprint density at radius 1 is 1.29 bits per heavy atom. The standard InChI is InChI=1S/C14H14ClN5O/c1-9-4-3-5-16-10(9)7-20-11(6-15)19-12-13(20)17-8-18-14(12)21-2/h3-5,8H,6-7H2,1-2H3. The minimum absolute atomic E-state index is 0.283. The first-order valence-corrected chi connectivity index (χ1v) is 6.98. The van der Waals surface area contributed by atoms with Crippen LogP contribution < -0.4 is 4.74 Å². The monoisotopic (exact) mass is 303 g/mol. The summed E-state index contributed by atoms with van der Waals surface area (Å²) < 4.78 is 7.17. The van der Waals surface area contributed by atoms with Crippen LogP contribution >= 0.6 is 11.6 Å². The second-order valence-corrected chi connectivity index (χ2v) is 4.84. The quantitative estimate of drug-likeness (QED) is 0.692. The SMILES string of the molecule is COc1ncnc2c1nc(CCl)n2Cc1ncccc1C. The molecule has 3 aromatic rings. The third-order valence-electron chi connectivity index (χ3n) is 3.32. The lowest BCUT2D eigenvalue weighted by atomic mass is 10.2. The fourth-order valence-electron chi connectivity index (χ4n) is 2.21. The van der Waals surface area contributed by atoms with E-state index in [4.69, 9.17) is 16.3 Å². The Balaban J connectivity index is 2.15. The van der Waals surface area contributed by atoms with Crippen LogP contribution in [0.5, 0.6) is 5.88 Å². The van der Waals surface area contributed by atoms with Crippen LogP contribution in [0, 0.1) is 6.92 Å². The molecule has 0 atom stereocenters. The number of hydrogen-bond donors (Lipinski definition) is 0. The highest BCUT2D eigenvalue weighted by molar-refractivity contribution is 6.16. The molecular weight excluding hydrogens is 290 g/mol. The van der Waals surface area contributed by atoms with Gasteiger partial charge in [0.15, 0.2) is 11.2 Å². The van der Waals surface area contributed by atoms with Gasteiger partial charge in [0.2, 0.25) is 5.88 Å². The Bertz CT molecular complexity index is 786. The average Bonchev–Trinajstić information content (AvgIpc) is 2.87. The average molecular weight is 304 g/mol. The van der Waals surface area contributed by atoms with Crippen molar-refractivity contribution in [1.82, 2.24) is 24.5 Å². The van der Waals surface area contributed by atoms with Gasteiger partial charge in [-0.15, -0.1) is 11.6 Å². The van der Waals surface area contributed by atoms with Crippen molar-refractivity contribution < 1.29 is 4.74 Å². The van der Waals surface area contributed by atoms with Crippen LogP contribution in [-0.4, -0.2) is 31.6 Å². The van der Waals surface area contributed by atoms with Crippen LogP contribution in [0.1, 0.15) is 17.1 Å². The molecule has 0 saturated carbocycles. The van der Waals surface area contributed by atoms with E-state index in [1.54, 1.807) is 13.3 Å². The van der Waals surface area contributed by atoms with Crippen LogP contribution in [0.3, 0.4) is 0 Å². The van der Waals surface area contributed by atoms with Crippen LogP contribution in [0.4, 0.5) is 0 Å². The first-order chi connectivity index (χ1) is 10.2. The number of halogens is 1. The summed E-state index contributed by atoms with van der Waals surface area (Å²) >= 11 is 6.01. The molecule has 0 aliphatic rings. The number of alkyl halides is 1. The molecule has 0 bridgehead atoms. The van der Waals surface area contributed by atoms with Crippen molar-refractivity contribution in [1.29, 1.82) is 0 Å². The number of pyridine rings is 1. The van der Waals surface area contributed by atoms with Crippen molar-refractivity contribution in [3.05, 3.63) is 41.7 Å². The number of hydrogen-bond acceptors (Lipinski definition) is 5. The maximum absolute atomic E-state index is 6.01.